The van der Waals surface area contributed by atoms with Crippen molar-refractivity contribution in [3.8, 4) is 0 Å². The molecule has 1 aliphatic heterocycles. The highest BCUT2D eigenvalue weighted by Gasteiger charge is 2.55. The van der Waals surface area contributed by atoms with Crippen LogP contribution < -0.4 is 4.90 Å². The van der Waals surface area contributed by atoms with Crippen LogP contribution in [0, 0.1) is 5.82 Å². The molecule has 2 aromatic rings. The summed E-state index contributed by atoms with van der Waals surface area (Å²) in [5.41, 5.74) is -2.03. The standard InChI is InChI=1S/C16H10ClF5N2O2/c17-9-4-7(23-5-10(9)18)6-24-11-3-1-2-8(13(25)14(19)20)12(11)16(21,22)15(24)26/h1-5,13-14,25H,6H2. The summed E-state index contributed by atoms with van der Waals surface area (Å²) in [6, 6.07) is 4.29. The highest BCUT2D eigenvalue weighted by Crippen LogP contribution is 2.48. The molecular weight excluding hydrogens is 383 g/mol. The summed E-state index contributed by atoms with van der Waals surface area (Å²) in [5.74, 6) is -6.59. The first-order valence-corrected chi connectivity index (χ1v) is 7.61. The third-order valence-corrected chi connectivity index (χ3v) is 4.23. The molecular formula is C16H10ClF5N2O2. The zero-order valence-electron chi connectivity index (χ0n) is 12.8. The first-order valence-electron chi connectivity index (χ1n) is 7.24. The van der Waals surface area contributed by atoms with Crippen molar-refractivity contribution in [2.24, 2.45) is 0 Å². The van der Waals surface area contributed by atoms with Crippen LogP contribution in [-0.4, -0.2) is 22.4 Å². The fourth-order valence-corrected chi connectivity index (χ4v) is 2.93. The molecule has 10 heteroatoms. The van der Waals surface area contributed by atoms with Gasteiger partial charge in [0, 0.05) is 0 Å². The molecule has 26 heavy (non-hydrogen) atoms. The number of halogens is 6. The maximum absolute atomic E-state index is 14.5. The van der Waals surface area contributed by atoms with Crippen LogP contribution in [0.2, 0.25) is 5.02 Å². The lowest BCUT2D eigenvalue weighted by Gasteiger charge is -2.18. The lowest BCUT2D eigenvalue weighted by Crippen LogP contribution is -2.34. The normalized spacial score (nSPS) is 16.9. The molecule has 4 nitrogen and oxygen atoms in total. The average Bonchev–Trinajstić information content (AvgIpc) is 2.78. The van der Waals surface area contributed by atoms with E-state index in [9.17, 15) is 31.9 Å². The number of anilines is 1. The average molecular weight is 393 g/mol. The number of aromatic nitrogens is 1. The van der Waals surface area contributed by atoms with Crippen molar-refractivity contribution < 1.29 is 31.9 Å². The molecule has 0 spiro atoms. The first-order chi connectivity index (χ1) is 12.1. The number of carbonyl (C=O) groups excluding carboxylic acids is 1. The molecule has 1 aromatic carbocycles. The molecule has 3 rings (SSSR count). The van der Waals surface area contributed by atoms with Crippen LogP contribution in [0.5, 0.6) is 0 Å². The van der Waals surface area contributed by atoms with Gasteiger partial charge in [-0.1, -0.05) is 23.7 Å². The van der Waals surface area contributed by atoms with Crippen molar-refractivity contribution in [1.82, 2.24) is 4.98 Å². The maximum atomic E-state index is 14.5. The number of benzene rings is 1. The second kappa shape index (κ2) is 6.48. The van der Waals surface area contributed by atoms with E-state index in [4.69, 9.17) is 11.6 Å². The lowest BCUT2D eigenvalue weighted by atomic mass is 9.98. The van der Waals surface area contributed by atoms with Gasteiger partial charge in [0.25, 0.3) is 6.43 Å². The molecule has 0 saturated carbocycles. The minimum Gasteiger partial charge on any atom is -0.382 e. The summed E-state index contributed by atoms with van der Waals surface area (Å²) in [4.78, 5) is 16.5. The number of carbonyl (C=O) groups is 1. The lowest BCUT2D eigenvalue weighted by molar-refractivity contribution is -0.142. The highest BCUT2D eigenvalue weighted by atomic mass is 35.5. The van der Waals surface area contributed by atoms with Crippen molar-refractivity contribution in [3.63, 3.8) is 0 Å². The van der Waals surface area contributed by atoms with Crippen LogP contribution in [-0.2, 0) is 17.3 Å². The van der Waals surface area contributed by atoms with Gasteiger partial charge in [0.15, 0.2) is 5.82 Å². The number of nitrogens with zero attached hydrogens (tertiary/aromatic N) is 2. The fourth-order valence-electron chi connectivity index (χ4n) is 2.75. The molecule has 1 unspecified atom stereocenters. The third-order valence-electron chi connectivity index (χ3n) is 3.94. The summed E-state index contributed by atoms with van der Waals surface area (Å²) in [6.07, 6.45) is -5.00. The Morgan fingerprint density at radius 3 is 2.62 bits per heavy atom. The van der Waals surface area contributed by atoms with Crippen LogP contribution in [0.1, 0.15) is 22.9 Å². The van der Waals surface area contributed by atoms with Gasteiger partial charge in [-0.25, -0.2) is 13.2 Å². The second-order valence-electron chi connectivity index (χ2n) is 5.58. The Labute approximate surface area is 148 Å². The van der Waals surface area contributed by atoms with Gasteiger partial charge in [-0.3, -0.25) is 9.78 Å². The Morgan fingerprint density at radius 2 is 2.00 bits per heavy atom. The Kier molecular flexibility index (Phi) is 4.61. The Morgan fingerprint density at radius 1 is 1.31 bits per heavy atom. The molecule has 0 aliphatic carbocycles. The van der Waals surface area contributed by atoms with Gasteiger partial charge in [-0.2, -0.15) is 8.78 Å². The molecule has 0 saturated heterocycles. The molecule has 0 fully saturated rings. The van der Waals surface area contributed by atoms with Gasteiger partial charge in [0.05, 0.1) is 34.7 Å². The molecule has 1 N–H and O–H groups in total. The summed E-state index contributed by atoms with van der Waals surface area (Å²) < 4.78 is 67.7. The topological polar surface area (TPSA) is 53.4 Å². The number of amides is 1. The van der Waals surface area contributed by atoms with Crippen LogP contribution in [0.3, 0.4) is 0 Å². The molecule has 1 atom stereocenters. The summed E-state index contributed by atoms with van der Waals surface area (Å²) in [6.45, 7) is -0.477. The van der Waals surface area contributed by atoms with Gasteiger partial charge in [-0.05, 0) is 17.7 Å². The van der Waals surface area contributed by atoms with Crippen LogP contribution in [0.25, 0.3) is 0 Å². The Bertz CT molecular complexity index is 878. The number of hydrogen-bond acceptors (Lipinski definition) is 3. The number of aliphatic hydroxyl groups is 1. The van der Waals surface area contributed by atoms with Crippen LogP contribution in [0.4, 0.5) is 27.6 Å². The predicted molar refractivity (Wildman–Crippen MR) is 81.7 cm³/mol. The molecule has 1 aromatic heterocycles. The molecule has 1 aliphatic rings. The Hall–Kier alpha value is -2.26. The maximum Gasteiger partial charge on any atom is 0.352 e. The van der Waals surface area contributed by atoms with Crippen LogP contribution >= 0.6 is 11.6 Å². The molecule has 2 heterocycles. The van der Waals surface area contributed by atoms with Crippen LogP contribution in [0.15, 0.2) is 30.5 Å². The molecule has 138 valence electrons. The Balaban J connectivity index is 2.07. The molecule has 0 radical (unpaired) electrons. The van der Waals surface area contributed by atoms with Crippen molar-refractivity contribution in [2.75, 3.05) is 4.90 Å². The van der Waals surface area contributed by atoms with Crippen molar-refractivity contribution >= 4 is 23.2 Å². The van der Waals surface area contributed by atoms with E-state index in [0.717, 1.165) is 24.4 Å². The van der Waals surface area contributed by atoms with E-state index in [1.165, 1.54) is 6.07 Å². The minimum absolute atomic E-state index is 0.0215. The molecule has 1 amide bonds. The fraction of sp³-hybridized carbons (Fsp3) is 0.250. The number of fused-ring (bicyclic) bond motifs is 1. The molecule has 0 bridgehead atoms. The van der Waals surface area contributed by atoms with E-state index >= 15 is 0 Å². The number of rotatable bonds is 4. The summed E-state index contributed by atoms with van der Waals surface area (Å²) >= 11 is 5.61. The second-order valence-corrected chi connectivity index (χ2v) is 5.98. The number of hydrogen-bond donors (Lipinski definition) is 1. The zero-order valence-corrected chi connectivity index (χ0v) is 13.5. The highest BCUT2D eigenvalue weighted by molar-refractivity contribution is 6.30. The quantitative estimate of drug-likeness (QED) is 0.805. The van der Waals surface area contributed by atoms with E-state index in [1.807, 2.05) is 0 Å². The smallest absolute Gasteiger partial charge is 0.352 e. The van der Waals surface area contributed by atoms with E-state index in [2.05, 4.69) is 4.98 Å². The van der Waals surface area contributed by atoms with E-state index in [1.54, 1.807) is 0 Å². The van der Waals surface area contributed by atoms with Gasteiger partial charge >= 0.3 is 11.8 Å². The summed E-state index contributed by atoms with van der Waals surface area (Å²) in [7, 11) is 0. The monoisotopic (exact) mass is 392 g/mol. The largest absolute Gasteiger partial charge is 0.382 e. The minimum atomic E-state index is -4.11. The van der Waals surface area contributed by atoms with Crippen molar-refractivity contribution in [2.45, 2.75) is 25.0 Å². The zero-order chi connectivity index (χ0) is 19.2. The van der Waals surface area contributed by atoms with Gasteiger partial charge in [-0.15, -0.1) is 0 Å². The number of pyridine rings is 1. The van der Waals surface area contributed by atoms with E-state index in [0.29, 0.717) is 4.90 Å². The summed E-state index contributed by atoms with van der Waals surface area (Å²) in [5, 5.41) is 9.23. The number of alkyl halides is 4. The third kappa shape index (κ3) is 2.90. The van der Waals surface area contributed by atoms with E-state index < -0.39 is 47.8 Å². The number of aliphatic hydroxyl groups excluding tert-OH is 1. The van der Waals surface area contributed by atoms with Crippen molar-refractivity contribution in [1.29, 1.82) is 0 Å². The van der Waals surface area contributed by atoms with Gasteiger partial charge in [0.2, 0.25) is 0 Å². The van der Waals surface area contributed by atoms with Crippen molar-refractivity contribution in [3.05, 3.63) is 58.1 Å². The first kappa shape index (κ1) is 18.5. The van der Waals surface area contributed by atoms with Gasteiger partial charge in [0.1, 0.15) is 6.10 Å². The van der Waals surface area contributed by atoms with Gasteiger partial charge < -0.3 is 10.0 Å². The predicted octanol–water partition coefficient (Wildman–Crippen LogP) is 3.81. The van der Waals surface area contributed by atoms with E-state index in [-0.39, 0.29) is 16.4 Å². The SMILES string of the molecule is O=C1N(Cc2cc(Cl)c(F)cn2)c2cccc(C(O)C(F)F)c2C1(F)F.